The summed E-state index contributed by atoms with van der Waals surface area (Å²) >= 11 is 0. The number of carbonyl (C=O) groups is 2. The molecule has 1 aromatic carbocycles. The van der Waals surface area contributed by atoms with Crippen molar-refractivity contribution in [1.82, 2.24) is 19.7 Å². The van der Waals surface area contributed by atoms with Gasteiger partial charge in [0.2, 0.25) is 5.91 Å². The third-order valence-corrected chi connectivity index (χ3v) is 7.26. The van der Waals surface area contributed by atoms with Crippen molar-refractivity contribution < 1.29 is 14.0 Å². The molecule has 0 bridgehead atoms. The van der Waals surface area contributed by atoms with Crippen LogP contribution in [-0.4, -0.2) is 51.9 Å². The number of carbonyl (C=O) groups excluding carboxylic acids is 2. The summed E-state index contributed by atoms with van der Waals surface area (Å²) in [5, 5.41) is 3.01. The Bertz CT molecular complexity index is 1130. The lowest BCUT2D eigenvalue weighted by Crippen LogP contribution is -2.50. The molecule has 1 fully saturated rings. The molecule has 34 heavy (non-hydrogen) atoms. The Morgan fingerprint density at radius 3 is 2.59 bits per heavy atom. The number of aromatic nitrogens is 1. The van der Waals surface area contributed by atoms with Gasteiger partial charge in [0.05, 0.1) is 12.8 Å². The van der Waals surface area contributed by atoms with Crippen LogP contribution in [0.3, 0.4) is 0 Å². The molecule has 2 aromatic heterocycles. The van der Waals surface area contributed by atoms with Gasteiger partial charge in [0, 0.05) is 51.4 Å². The van der Waals surface area contributed by atoms with Crippen LogP contribution in [0.1, 0.15) is 52.7 Å². The Hall–Kier alpha value is -3.32. The van der Waals surface area contributed by atoms with E-state index in [4.69, 9.17) is 4.42 Å². The van der Waals surface area contributed by atoms with Gasteiger partial charge < -0.3 is 19.2 Å². The zero-order valence-corrected chi connectivity index (χ0v) is 19.7. The fourth-order valence-corrected chi connectivity index (χ4v) is 5.43. The minimum atomic E-state index is 0.0272. The van der Waals surface area contributed by atoms with Crippen molar-refractivity contribution in [3.63, 3.8) is 0 Å². The summed E-state index contributed by atoms with van der Waals surface area (Å²) in [4.78, 5) is 30.3. The van der Waals surface area contributed by atoms with E-state index < -0.39 is 0 Å². The first-order valence-corrected chi connectivity index (χ1v) is 12.1. The Kier molecular flexibility index (Phi) is 6.54. The number of rotatable bonds is 6. The zero-order valence-electron chi connectivity index (χ0n) is 19.7. The molecule has 7 heteroatoms. The summed E-state index contributed by atoms with van der Waals surface area (Å²) in [6.07, 6.45) is 6.78. The predicted octanol–water partition coefficient (Wildman–Crippen LogP) is 3.53. The van der Waals surface area contributed by atoms with E-state index in [1.165, 1.54) is 11.1 Å². The third-order valence-electron chi connectivity index (χ3n) is 7.26. The van der Waals surface area contributed by atoms with E-state index in [0.29, 0.717) is 19.0 Å². The molecule has 4 heterocycles. The average molecular weight is 461 g/mol. The minimum absolute atomic E-state index is 0.0272. The molecule has 2 amide bonds. The monoisotopic (exact) mass is 460 g/mol. The lowest BCUT2D eigenvalue weighted by atomic mass is 9.87. The standard InChI is InChI=1S/C27H32N4O3/c1-29-13-4-9-24(29)27(33)30-14-11-21(12-15-30)31-16-10-20-6-2-3-8-23(20)25(31)18-26(32)28-19-22-7-5-17-34-22/h2-9,13,17,21,25H,10-12,14-16,18-19H2,1H3,(H,28,32). The van der Waals surface area contributed by atoms with Crippen LogP contribution in [0.2, 0.25) is 0 Å². The van der Waals surface area contributed by atoms with Gasteiger partial charge in [0.15, 0.2) is 0 Å². The smallest absolute Gasteiger partial charge is 0.270 e. The molecule has 1 N–H and O–H groups in total. The molecule has 178 valence electrons. The topological polar surface area (TPSA) is 70.7 Å². The van der Waals surface area contributed by atoms with Gasteiger partial charge in [-0.3, -0.25) is 14.5 Å². The molecule has 2 aliphatic heterocycles. The molecule has 0 spiro atoms. The number of nitrogens with zero attached hydrogens (tertiary/aromatic N) is 3. The van der Waals surface area contributed by atoms with Crippen LogP contribution < -0.4 is 5.32 Å². The van der Waals surface area contributed by atoms with Crippen molar-refractivity contribution in [2.75, 3.05) is 19.6 Å². The first kappa shape index (κ1) is 22.5. The van der Waals surface area contributed by atoms with Crippen molar-refractivity contribution in [2.45, 2.75) is 44.3 Å². The van der Waals surface area contributed by atoms with E-state index in [1.54, 1.807) is 6.26 Å². The average Bonchev–Trinajstić information content (AvgIpc) is 3.54. The van der Waals surface area contributed by atoms with Crippen molar-refractivity contribution in [2.24, 2.45) is 7.05 Å². The Labute approximate surface area is 200 Å². The highest BCUT2D eigenvalue weighted by molar-refractivity contribution is 5.92. The van der Waals surface area contributed by atoms with Gasteiger partial charge in [0.25, 0.3) is 5.91 Å². The maximum atomic E-state index is 12.9. The van der Waals surface area contributed by atoms with E-state index in [1.807, 2.05) is 47.0 Å². The van der Waals surface area contributed by atoms with E-state index in [2.05, 4.69) is 34.5 Å². The number of aryl methyl sites for hydroxylation is 1. The zero-order chi connectivity index (χ0) is 23.5. The Morgan fingerprint density at radius 1 is 1.03 bits per heavy atom. The molecule has 3 aromatic rings. The van der Waals surface area contributed by atoms with Gasteiger partial charge in [0.1, 0.15) is 11.5 Å². The van der Waals surface area contributed by atoms with E-state index in [0.717, 1.165) is 50.4 Å². The molecule has 0 saturated carbocycles. The molecule has 2 aliphatic rings. The summed E-state index contributed by atoms with van der Waals surface area (Å²) in [7, 11) is 1.91. The summed E-state index contributed by atoms with van der Waals surface area (Å²) < 4.78 is 7.23. The molecular weight excluding hydrogens is 428 g/mol. The summed E-state index contributed by atoms with van der Waals surface area (Å²) in [5.41, 5.74) is 3.32. The molecule has 5 rings (SSSR count). The highest BCUT2D eigenvalue weighted by atomic mass is 16.3. The first-order chi connectivity index (χ1) is 16.6. The van der Waals surface area contributed by atoms with Gasteiger partial charge in [-0.1, -0.05) is 24.3 Å². The van der Waals surface area contributed by atoms with Crippen molar-refractivity contribution >= 4 is 11.8 Å². The quantitative estimate of drug-likeness (QED) is 0.611. The Morgan fingerprint density at radius 2 is 1.85 bits per heavy atom. The van der Waals surface area contributed by atoms with Gasteiger partial charge in [-0.25, -0.2) is 0 Å². The van der Waals surface area contributed by atoms with Crippen molar-refractivity contribution in [3.8, 4) is 0 Å². The van der Waals surface area contributed by atoms with Crippen LogP contribution in [0.4, 0.5) is 0 Å². The third kappa shape index (κ3) is 4.66. The van der Waals surface area contributed by atoms with Gasteiger partial charge in [-0.2, -0.15) is 0 Å². The van der Waals surface area contributed by atoms with Crippen LogP contribution in [-0.2, 0) is 24.8 Å². The number of nitrogens with one attached hydrogen (secondary N) is 1. The van der Waals surface area contributed by atoms with Crippen LogP contribution in [0, 0.1) is 0 Å². The maximum absolute atomic E-state index is 12.9. The molecular formula is C27H32N4O3. The van der Waals surface area contributed by atoms with Crippen molar-refractivity contribution in [3.05, 3.63) is 83.6 Å². The van der Waals surface area contributed by atoms with Crippen LogP contribution in [0.15, 0.2) is 65.4 Å². The lowest BCUT2D eigenvalue weighted by Gasteiger charge is -2.45. The molecule has 1 atom stereocenters. The number of piperidine rings is 1. The lowest BCUT2D eigenvalue weighted by molar-refractivity contribution is -0.123. The fourth-order valence-electron chi connectivity index (χ4n) is 5.43. The number of furan rings is 1. The SMILES string of the molecule is Cn1cccc1C(=O)N1CCC(N2CCc3ccccc3C2CC(=O)NCc2ccco2)CC1. The van der Waals surface area contributed by atoms with Crippen LogP contribution >= 0.6 is 0 Å². The van der Waals surface area contributed by atoms with E-state index in [-0.39, 0.29) is 17.9 Å². The predicted molar refractivity (Wildman–Crippen MR) is 129 cm³/mol. The van der Waals surface area contributed by atoms with Gasteiger partial charge in [-0.05, 0) is 54.7 Å². The number of fused-ring (bicyclic) bond motifs is 1. The largest absolute Gasteiger partial charge is 0.467 e. The van der Waals surface area contributed by atoms with E-state index in [9.17, 15) is 9.59 Å². The minimum Gasteiger partial charge on any atom is -0.467 e. The number of amides is 2. The van der Waals surface area contributed by atoms with Crippen LogP contribution in [0.25, 0.3) is 0 Å². The number of likely N-dealkylation sites (tertiary alicyclic amines) is 1. The van der Waals surface area contributed by atoms with Crippen molar-refractivity contribution in [1.29, 1.82) is 0 Å². The second kappa shape index (κ2) is 9.89. The maximum Gasteiger partial charge on any atom is 0.270 e. The second-order valence-electron chi connectivity index (χ2n) is 9.29. The van der Waals surface area contributed by atoms with Gasteiger partial charge in [-0.15, -0.1) is 0 Å². The number of hydrogen-bond donors (Lipinski definition) is 1. The second-order valence-corrected chi connectivity index (χ2v) is 9.29. The summed E-state index contributed by atoms with van der Waals surface area (Å²) in [6, 6.07) is 16.4. The summed E-state index contributed by atoms with van der Waals surface area (Å²) in [6.45, 7) is 2.82. The Balaban J connectivity index is 1.26. The molecule has 0 aliphatic carbocycles. The summed E-state index contributed by atoms with van der Waals surface area (Å²) in [5.74, 6) is 0.882. The molecule has 7 nitrogen and oxygen atoms in total. The highest BCUT2D eigenvalue weighted by Gasteiger charge is 2.36. The van der Waals surface area contributed by atoms with Crippen LogP contribution in [0.5, 0.6) is 0 Å². The first-order valence-electron chi connectivity index (χ1n) is 12.1. The highest BCUT2D eigenvalue weighted by Crippen LogP contribution is 2.36. The number of benzene rings is 1. The number of hydrogen-bond acceptors (Lipinski definition) is 4. The molecule has 0 radical (unpaired) electrons. The fraction of sp³-hybridized carbons (Fsp3) is 0.407. The van der Waals surface area contributed by atoms with E-state index >= 15 is 0 Å². The molecule has 1 unspecified atom stereocenters. The normalized spacial score (nSPS) is 19.1. The molecule has 1 saturated heterocycles. The van der Waals surface area contributed by atoms with Gasteiger partial charge >= 0.3 is 0 Å².